The SMILES string of the molecule is CN(C)c1ccc(-c2cc3c(O)c(Oc4cccc(C(=O)O)c4)c(=O)[nH]c3cc2Cl)cc1. The fraction of sp³-hybridized carbons (Fsp3) is 0.0833. The Morgan fingerprint density at radius 2 is 1.78 bits per heavy atom. The van der Waals surface area contributed by atoms with E-state index in [-0.39, 0.29) is 22.8 Å². The van der Waals surface area contributed by atoms with Crippen LogP contribution < -0.4 is 15.2 Å². The highest BCUT2D eigenvalue weighted by Gasteiger charge is 2.17. The molecule has 3 N–H and O–H groups in total. The highest BCUT2D eigenvalue weighted by atomic mass is 35.5. The molecule has 1 aromatic heterocycles. The van der Waals surface area contributed by atoms with Gasteiger partial charge in [0.1, 0.15) is 5.75 Å². The largest absolute Gasteiger partial charge is 0.504 e. The average Bonchev–Trinajstić information content (AvgIpc) is 2.76. The van der Waals surface area contributed by atoms with Crippen LogP contribution in [0.25, 0.3) is 22.0 Å². The summed E-state index contributed by atoms with van der Waals surface area (Å²) >= 11 is 6.46. The molecule has 0 unspecified atom stereocenters. The maximum Gasteiger partial charge on any atom is 0.335 e. The van der Waals surface area contributed by atoms with Crippen LogP contribution in [0.15, 0.2) is 65.5 Å². The number of nitrogens with zero attached hydrogens (tertiary/aromatic N) is 1. The van der Waals surface area contributed by atoms with Crippen molar-refractivity contribution in [2.24, 2.45) is 0 Å². The zero-order valence-electron chi connectivity index (χ0n) is 17.2. The van der Waals surface area contributed by atoms with Crippen LogP contribution >= 0.6 is 11.6 Å². The molecule has 32 heavy (non-hydrogen) atoms. The van der Waals surface area contributed by atoms with E-state index >= 15 is 0 Å². The first-order valence-corrected chi connectivity index (χ1v) is 10.00. The predicted molar refractivity (Wildman–Crippen MR) is 124 cm³/mol. The molecule has 0 radical (unpaired) electrons. The van der Waals surface area contributed by atoms with Crippen LogP contribution in [-0.2, 0) is 0 Å². The van der Waals surface area contributed by atoms with Gasteiger partial charge >= 0.3 is 5.97 Å². The number of halogens is 1. The molecule has 8 heteroatoms. The van der Waals surface area contributed by atoms with Gasteiger partial charge in [0.2, 0.25) is 5.75 Å². The van der Waals surface area contributed by atoms with Gasteiger partial charge in [-0.25, -0.2) is 4.79 Å². The second kappa shape index (κ2) is 8.28. The molecule has 0 atom stereocenters. The van der Waals surface area contributed by atoms with Crippen LogP contribution in [0, 0.1) is 0 Å². The fourth-order valence-electron chi connectivity index (χ4n) is 3.35. The van der Waals surface area contributed by atoms with Crippen LogP contribution in [0.1, 0.15) is 10.4 Å². The molecule has 0 fully saturated rings. The van der Waals surface area contributed by atoms with Gasteiger partial charge in [-0.2, -0.15) is 0 Å². The van der Waals surface area contributed by atoms with E-state index in [1.54, 1.807) is 12.1 Å². The van der Waals surface area contributed by atoms with E-state index in [4.69, 9.17) is 21.4 Å². The Bertz CT molecular complexity index is 1390. The third-order valence-electron chi connectivity index (χ3n) is 5.03. The Kier molecular flexibility index (Phi) is 5.50. The van der Waals surface area contributed by atoms with Gasteiger partial charge in [0, 0.05) is 30.7 Å². The van der Waals surface area contributed by atoms with E-state index in [0.717, 1.165) is 11.3 Å². The lowest BCUT2D eigenvalue weighted by Gasteiger charge is -2.14. The third-order valence-corrected chi connectivity index (χ3v) is 5.34. The lowest BCUT2D eigenvalue weighted by molar-refractivity contribution is 0.0696. The second-order valence-electron chi connectivity index (χ2n) is 7.39. The molecule has 0 saturated heterocycles. The van der Waals surface area contributed by atoms with Crippen molar-refractivity contribution in [2.45, 2.75) is 0 Å². The topological polar surface area (TPSA) is 103 Å². The number of pyridine rings is 1. The van der Waals surface area contributed by atoms with Gasteiger partial charge in [-0.05, 0) is 48.0 Å². The summed E-state index contributed by atoms with van der Waals surface area (Å²) in [6.45, 7) is 0. The van der Waals surface area contributed by atoms with E-state index in [1.165, 1.54) is 24.3 Å². The normalized spacial score (nSPS) is 10.8. The number of aromatic nitrogens is 1. The van der Waals surface area contributed by atoms with E-state index in [9.17, 15) is 14.7 Å². The maximum absolute atomic E-state index is 12.5. The van der Waals surface area contributed by atoms with Gasteiger partial charge in [-0.3, -0.25) is 4.79 Å². The van der Waals surface area contributed by atoms with Gasteiger partial charge in [-0.1, -0.05) is 29.8 Å². The van der Waals surface area contributed by atoms with Gasteiger partial charge in [-0.15, -0.1) is 0 Å². The number of benzene rings is 3. The fourth-order valence-corrected chi connectivity index (χ4v) is 3.62. The number of H-pyrrole nitrogens is 1. The van der Waals surface area contributed by atoms with Crippen molar-refractivity contribution >= 4 is 34.2 Å². The smallest absolute Gasteiger partial charge is 0.335 e. The Balaban J connectivity index is 1.81. The first-order chi connectivity index (χ1) is 15.2. The summed E-state index contributed by atoms with van der Waals surface area (Å²) in [5.41, 5.74) is 2.20. The number of anilines is 1. The number of fused-ring (bicyclic) bond motifs is 1. The number of carboxylic acid groups (broad SMARTS) is 1. The molecule has 4 rings (SSSR count). The molecule has 0 aliphatic heterocycles. The Hall–Kier alpha value is -3.97. The van der Waals surface area contributed by atoms with Crippen LogP contribution in [-0.4, -0.2) is 35.3 Å². The number of hydrogen-bond donors (Lipinski definition) is 3. The number of aromatic amines is 1. The lowest BCUT2D eigenvalue weighted by atomic mass is 10.0. The zero-order valence-corrected chi connectivity index (χ0v) is 18.0. The minimum atomic E-state index is -1.13. The second-order valence-corrected chi connectivity index (χ2v) is 7.79. The Morgan fingerprint density at radius 1 is 1.06 bits per heavy atom. The number of carboxylic acids is 1. The van der Waals surface area contributed by atoms with Crippen molar-refractivity contribution in [3.05, 3.63) is 81.6 Å². The highest BCUT2D eigenvalue weighted by Crippen LogP contribution is 2.38. The molecule has 1 heterocycles. The van der Waals surface area contributed by atoms with Crippen molar-refractivity contribution in [1.82, 2.24) is 4.98 Å². The van der Waals surface area contributed by atoms with Gasteiger partial charge in [0.15, 0.2) is 5.75 Å². The molecule has 4 aromatic rings. The lowest BCUT2D eigenvalue weighted by Crippen LogP contribution is -2.09. The number of carbonyl (C=O) groups is 1. The molecular formula is C24H19ClN2O5. The van der Waals surface area contributed by atoms with Crippen molar-refractivity contribution in [1.29, 1.82) is 0 Å². The molecule has 7 nitrogen and oxygen atoms in total. The minimum Gasteiger partial charge on any atom is -0.504 e. The summed E-state index contributed by atoms with van der Waals surface area (Å²) in [7, 11) is 3.89. The van der Waals surface area contributed by atoms with Crippen molar-refractivity contribution in [3.63, 3.8) is 0 Å². The molecule has 162 valence electrons. The number of aromatic carboxylic acids is 1. The monoisotopic (exact) mass is 450 g/mol. The molecular weight excluding hydrogens is 432 g/mol. The summed E-state index contributed by atoms with van der Waals surface area (Å²) in [5, 5.41) is 20.7. The van der Waals surface area contributed by atoms with Gasteiger partial charge in [0.05, 0.1) is 16.1 Å². The minimum absolute atomic E-state index is 0.00514. The molecule has 0 saturated carbocycles. The summed E-state index contributed by atoms with van der Waals surface area (Å²) in [6, 6.07) is 16.6. The number of ether oxygens (including phenoxy) is 1. The van der Waals surface area contributed by atoms with E-state index in [1.807, 2.05) is 43.3 Å². The highest BCUT2D eigenvalue weighted by molar-refractivity contribution is 6.34. The Labute approximate surface area is 188 Å². The van der Waals surface area contributed by atoms with Crippen LogP contribution in [0.3, 0.4) is 0 Å². The molecule has 0 aliphatic rings. The maximum atomic E-state index is 12.5. The van der Waals surface area contributed by atoms with Gasteiger partial charge in [0.25, 0.3) is 5.56 Å². The summed E-state index contributed by atoms with van der Waals surface area (Å²) in [4.78, 5) is 28.4. The Morgan fingerprint density at radius 3 is 2.44 bits per heavy atom. The first kappa shape index (κ1) is 21.3. The summed E-state index contributed by atoms with van der Waals surface area (Å²) < 4.78 is 5.56. The molecule has 0 aliphatic carbocycles. The van der Waals surface area contributed by atoms with Crippen LogP contribution in [0.5, 0.6) is 17.2 Å². The summed E-state index contributed by atoms with van der Waals surface area (Å²) in [5.74, 6) is -1.73. The van der Waals surface area contributed by atoms with Crippen molar-refractivity contribution in [3.8, 4) is 28.4 Å². The quantitative estimate of drug-likeness (QED) is 0.390. The molecule has 0 spiro atoms. The van der Waals surface area contributed by atoms with E-state index < -0.39 is 11.5 Å². The molecule has 0 bridgehead atoms. The third kappa shape index (κ3) is 3.98. The standard InChI is InChI=1S/C24H19ClN2O5/c1-27(2)15-8-6-13(7-9-15)17-11-18-20(12-19(17)25)26-23(29)22(21(18)28)32-16-5-3-4-14(10-16)24(30)31/h3-12H,1-2H3,(H,30,31)(H2,26,28,29). The number of aromatic hydroxyl groups is 1. The average molecular weight is 451 g/mol. The number of rotatable bonds is 5. The van der Waals surface area contributed by atoms with Crippen molar-refractivity contribution < 1.29 is 19.7 Å². The van der Waals surface area contributed by atoms with Crippen LogP contribution in [0.4, 0.5) is 5.69 Å². The van der Waals surface area contributed by atoms with E-state index in [0.29, 0.717) is 21.5 Å². The van der Waals surface area contributed by atoms with Crippen LogP contribution in [0.2, 0.25) is 5.02 Å². The van der Waals surface area contributed by atoms with Crippen molar-refractivity contribution in [2.75, 3.05) is 19.0 Å². The predicted octanol–water partition coefficient (Wildman–Crippen LogP) is 5.11. The zero-order chi connectivity index (χ0) is 23.0. The molecule has 0 amide bonds. The number of hydrogen-bond acceptors (Lipinski definition) is 5. The molecule has 3 aromatic carbocycles. The van der Waals surface area contributed by atoms with Gasteiger partial charge < -0.3 is 24.8 Å². The summed E-state index contributed by atoms with van der Waals surface area (Å²) in [6.07, 6.45) is 0. The number of nitrogens with one attached hydrogen (secondary N) is 1. The van der Waals surface area contributed by atoms with E-state index in [2.05, 4.69) is 4.98 Å². The first-order valence-electron chi connectivity index (χ1n) is 9.62.